The summed E-state index contributed by atoms with van der Waals surface area (Å²) in [5.41, 5.74) is -1.33. The van der Waals surface area contributed by atoms with Crippen molar-refractivity contribution in [1.29, 1.82) is 0 Å². The molecule has 3 heterocycles. The summed E-state index contributed by atoms with van der Waals surface area (Å²) >= 11 is 0. The fraction of sp³-hybridized carbons (Fsp3) is 0.444. The van der Waals surface area contributed by atoms with Crippen molar-refractivity contribution in [2.45, 2.75) is 61.4 Å². The van der Waals surface area contributed by atoms with Crippen LogP contribution in [-0.2, 0) is 9.47 Å². The SMILES string of the molecule is O=c1cc(-c2ccc(O)cc2)oc2c(O[C@@H]3O[C@H](CO)[C@@H](O)[C@H](O)[C@@H]3O)c(O)c(O[C@@H]3O[C@H](CO)[C@@H](O)[C@H](O)[C@@H]3O)c(O)c12. The van der Waals surface area contributed by atoms with Crippen LogP contribution in [0, 0.1) is 0 Å². The lowest BCUT2D eigenvalue weighted by molar-refractivity contribution is -0.279. The molecular formula is C27H30O17. The normalized spacial score (nSPS) is 32.5. The van der Waals surface area contributed by atoms with Crippen LogP contribution in [0.4, 0.5) is 0 Å². The van der Waals surface area contributed by atoms with Gasteiger partial charge in [0.2, 0.25) is 29.8 Å². The molecule has 0 spiro atoms. The minimum absolute atomic E-state index is 0.103. The number of aliphatic hydroxyl groups is 8. The molecule has 0 unspecified atom stereocenters. The molecule has 0 aliphatic carbocycles. The van der Waals surface area contributed by atoms with E-state index >= 15 is 0 Å². The number of fused-ring (bicyclic) bond motifs is 1. The first kappa shape index (κ1) is 31.7. The summed E-state index contributed by atoms with van der Waals surface area (Å²) in [6.07, 6.45) is -18.2. The number of hydrogen-bond donors (Lipinski definition) is 11. The predicted molar refractivity (Wildman–Crippen MR) is 142 cm³/mol. The molecule has 0 amide bonds. The minimum Gasteiger partial charge on any atom is -0.508 e. The molecule has 1 aromatic heterocycles. The van der Waals surface area contributed by atoms with Crippen LogP contribution in [0.3, 0.4) is 0 Å². The average Bonchev–Trinajstić information content (AvgIpc) is 3.01. The molecule has 10 atom stereocenters. The first-order chi connectivity index (χ1) is 20.9. The average molecular weight is 627 g/mol. The second-order valence-electron chi connectivity index (χ2n) is 10.2. The van der Waals surface area contributed by atoms with E-state index in [1.807, 2.05) is 0 Å². The Labute approximate surface area is 246 Å². The van der Waals surface area contributed by atoms with Crippen LogP contribution in [-0.4, -0.2) is 131 Å². The van der Waals surface area contributed by atoms with Gasteiger partial charge in [-0.05, 0) is 24.3 Å². The van der Waals surface area contributed by atoms with Crippen LogP contribution in [0.5, 0.6) is 28.7 Å². The summed E-state index contributed by atoms with van der Waals surface area (Å²) in [5.74, 6) is -4.28. The summed E-state index contributed by atoms with van der Waals surface area (Å²) < 4.78 is 27.5. The van der Waals surface area contributed by atoms with Crippen molar-refractivity contribution in [1.82, 2.24) is 0 Å². The maximum Gasteiger partial charge on any atom is 0.229 e. The molecule has 2 aliphatic heterocycles. The number of ether oxygens (including phenoxy) is 4. The molecular weight excluding hydrogens is 596 g/mol. The van der Waals surface area contributed by atoms with Gasteiger partial charge in [-0.25, -0.2) is 0 Å². The molecule has 0 bridgehead atoms. The van der Waals surface area contributed by atoms with Crippen molar-refractivity contribution in [3.8, 4) is 40.1 Å². The highest BCUT2D eigenvalue weighted by Crippen LogP contribution is 2.51. The van der Waals surface area contributed by atoms with E-state index in [4.69, 9.17) is 23.4 Å². The molecule has 17 heteroatoms. The Morgan fingerprint density at radius 2 is 1.16 bits per heavy atom. The van der Waals surface area contributed by atoms with Crippen molar-refractivity contribution in [2.75, 3.05) is 13.2 Å². The highest BCUT2D eigenvalue weighted by atomic mass is 16.7. The fourth-order valence-corrected chi connectivity index (χ4v) is 4.86. The molecule has 2 saturated heterocycles. The molecule has 3 aromatic rings. The number of benzene rings is 2. The Bertz CT molecular complexity index is 1540. The van der Waals surface area contributed by atoms with Gasteiger partial charge < -0.3 is 79.5 Å². The van der Waals surface area contributed by atoms with Crippen molar-refractivity contribution in [2.24, 2.45) is 0 Å². The van der Waals surface area contributed by atoms with Gasteiger partial charge in [0.15, 0.2) is 16.8 Å². The summed E-state index contributed by atoms with van der Waals surface area (Å²) in [6, 6.07) is 6.29. The van der Waals surface area contributed by atoms with Gasteiger partial charge in [0.05, 0.1) is 13.2 Å². The number of phenolic OH excluding ortho intramolecular Hbond substituents is 3. The summed E-state index contributed by atoms with van der Waals surface area (Å²) in [4.78, 5) is 13.3. The Morgan fingerprint density at radius 3 is 1.66 bits per heavy atom. The minimum atomic E-state index is -2.01. The quantitative estimate of drug-likeness (QED) is 0.124. The van der Waals surface area contributed by atoms with Crippen molar-refractivity contribution >= 4 is 11.0 Å². The van der Waals surface area contributed by atoms with Gasteiger partial charge in [-0.3, -0.25) is 4.79 Å². The third-order valence-corrected chi connectivity index (χ3v) is 7.35. The first-order valence-electron chi connectivity index (χ1n) is 13.2. The van der Waals surface area contributed by atoms with Crippen molar-refractivity contribution in [3.05, 3.63) is 40.6 Å². The molecule has 17 nitrogen and oxygen atoms in total. The number of aliphatic hydroxyl groups excluding tert-OH is 8. The number of rotatable bonds is 7. The van der Waals surface area contributed by atoms with Gasteiger partial charge in [0.25, 0.3) is 0 Å². The Morgan fingerprint density at radius 1 is 0.659 bits per heavy atom. The van der Waals surface area contributed by atoms with E-state index in [-0.39, 0.29) is 17.1 Å². The molecule has 2 fully saturated rings. The zero-order valence-corrected chi connectivity index (χ0v) is 22.4. The van der Waals surface area contributed by atoms with Gasteiger partial charge in [-0.1, -0.05) is 0 Å². The van der Waals surface area contributed by atoms with Crippen LogP contribution in [0.25, 0.3) is 22.3 Å². The van der Waals surface area contributed by atoms with Crippen LogP contribution in [0.1, 0.15) is 0 Å². The summed E-state index contributed by atoms with van der Waals surface area (Å²) in [7, 11) is 0. The molecule has 0 saturated carbocycles. The number of hydrogen-bond acceptors (Lipinski definition) is 17. The van der Waals surface area contributed by atoms with Crippen molar-refractivity contribution < 1.29 is 79.5 Å². The van der Waals surface area contributed by atoms with E-state index in [0.29, 0.717) is 0 Å². The van der Waals surface area contributed by atoms with Crippen molar-refractivity contribution in [3.63, 3.8) is 0 Å². The van der Waals surface area contributed by atoms with E-state index in [2.05, 4.69) is 0 Å². The van der Waals surface area contributed by atoms with Gasteiger partial charge in [-0.15, -0.1) is 0 Å². The zero-order chi connectivity index (χ0) is 32.0. The molecule has 0 radical (unpaired) electrons. The van der Waals surface area contributed by atoms with Gasteiger partial charge in [0, 0.05) is 11.6 Å². The lowest BCUT2D eigenvalue weighted by Crippen LogP contribution is -2.60. The molecule has 2 aromatic carbocycles. The Balaban J connectivity index is 1.67. The summed E-state index contributed by atoms with van der Waals surface area (Å²) in [5, 5.41) is 112. The largest absolute Gasteiger partial charge is 0.508 e. The van der Waals surface area contributed by atoms with E-state index in [0.717, 1.165) is 6.07 Å². The number of aromatic hydroxyl groups is 3. The Hall–Kier alpha value is -3.75. The Kier molecular flexibility index (Phi) is 8.87. The molecule has 240 valence electrons. The highest BCUT2D eigenvalue weighted by molar-refractivity contribution is 5.95. The predicted octanol–water partition coefficient (Wildman–Crippen LogP) is -3.07. The van der Waals surface area contributed by atoms with E-state index in [1.165, 1.54) is 24.3 Å². The second kappa shape index (κ2) is 12.3. The highest BCUT2D eigenvalue weighted by Gasteiger charge is 2.47. The fourth-order valence-electron chi connectivity index (χ4n) is 4.86. The first-order valence-corrected chi connectivity index (χ1v) is 13.2. The second-order valence-corrected chi connectivity index (χ2v) is 10.2. The third-order valence-electron chi connectivity index (χ3n) is 7.35. The van der Waals surface area contributed by atoms with E-state index < -0.39 is 114 Å². The molecule has 5 rings (SSSR count). The van der Waals surface area contributed by atoms with E-state index in [1.54, 1.807) is 0 Å². The summed E-state index contributed by atoms with van der Waals surface area (Å²) in [6.45, 7) is -1.67. The van der Waals surface area contributed by atoms with E-state index in [9.17, 15) is 61.0 Å². The molecule has 2 aliphatic rings. The van der Waals surface area contributed by atoms with Crippen LogP contribution in [0.2, 0.25) is 0 Å². The zero-order valence-electron chi connectivity index (χ0n) is 22.4. The van der Waals surface area contributed by atoms with Crippen LogP contribution < -0.4 is 14.9 Å². The maximum atomic E-state index is 13.3. The standard InChI is InChI=1S/C27H30O17/c28-6-12-15(32)18(35)20(37)26(41-12)43-24-17(34)14-10(31)5-11(8-1-3-9(30)4-2-8)40-23(14)25(22(24)39)44-27-21(38)19(36)16(33)13(7-29)42-27/h1-5,12-13,15-16,18-21,26-30,32-39H,6-7H2/t12-,13-,15-,16-,18+,19+,20+,21+,26+,27+/m1/s1. The monoisotopic (exact) mass is 626 g/mol. The maximum absolute atomic E-state index is 13.3. The lowest BCUT2D eigenvalue weighted by atomic mass is 9.99. The van der Waals surface area contributed by atoms with Gasteiger partial charge >= 0.3 is 0 Å². The topological polar surface area (TPSA) is 290 Å². The van der Waals surface area contributed by atoms with Crippen LogP contribution in [0.15, 0.2) is 39.5 Å². The van der Waals surface area contributed by atoms with Gasteiger partial charge in [0.1, 0.15) is 65.7 Å². The van der Waals surface area contributed by atoms with Gasteiger partial charge in [-0.2, -0.15) is 0 Å². The molecule has 11 N–H and O–H groups in total. The lowest BCUT2D eigenvalue weighted by Gasteiger charge is -2.40. The number of phenols is 3. The molecule has 44 heavy (non-hydrogen) atoms. The van der Waals surface area contributed by atoms with Crippen LogP contribution >= 0.6 is 0 Å². The third kappa shape index (κ3) is 5.50. The smallest absolute Gasteiger partial charge is 0.229 e.